The molecule has 0 bridgehead atoms. The fraction of sp³-hybridized carbons (Fsp3) is 0.273. The summed E-state index contributed by atoms with van der Waals surface area (Å²) < 4.78 is 19.0. The molecule has 1 aliphatic heterocycles. The third kappa shape index (κ3) is 4.42. The third-order valence-electron chi connectivity index (χ3n) is 5.30. The average molecular weight is 455 g/mol. The fourth-order valence-corrected chi connectivity index (χ4v) is 4.04. The van der Waals surface area contributed by atoms with Gasteiger partial charge in [0.25, 0.3) is 5.91 Å². The fourth-order valence-electron chi connectivity index (χ4n) is 3.82. The third-order valence-corrected chi connectivity index (χ3v) is 5.51. The Balaban J connectivity index is 1.86. The average Bonchev–Trinajstić information content (AvgIpc) is 3.39. The van der Waals surface area contributed by atoms with Gasteiger partial charge < -0.3 is 20.5 Å². The largest absolute Gasteiger partial charge is 0.368 e. The molecule has 0 unspecified atom stereocenters. The molecule has 3 heterocycles. The van der Waals surface area contributed by atoms with E-state index in [9.17, 15) is 14.4 Å². The van der Waals surface area contributed by atoms with Gasteiger partial charge in [-0.2, -0.15) is 5.26 Å². The van der Waals surface area contributed by atoms with Crippen LogP contribution in [0.5, 0.6) is 0 Å². The number of nitrogens with two attached hydrogens (primary N) is 1. The highest BCUT2D eigenvalue weighted by Crippen LogP contribution is 2.40. The Bertz CT molecular complexity index is 1190. The Morgan fingerprint density at radius 1 is 1.47 bits per heavy atom. The molecule has 1 aliphatic rings. The van der Waals surface area contributed by atoms with Crippen LogP contribution in [-0.2, 0) is 6.54 Å². The zero-order valence-corrected chi connectivity index (χ0v) is 18.0. The van der Waals surface area contributed by atoms with Crippen molar-refractivity contribution < 1.29 is 13.7 Å². The number of hydrogen-bond acceptors (Lipinski definition) is 7. The summed E-state index contributed by atoms with van der Waals surface area (Å²) in [5.74, 6) is -0.984. The summed E-state index contributed by atoms with van der Waals surface area (Å²) in [6.45, 7) is 3.07. The Morgan fingerprint density at radius 2 is 2.28 bits per heavy atom. The van der Waals surface area contributed by atoms with Crippen molar-refractivity contribution in [3.63, 3.8) is 0 Å². The lowest BCUT2D eigenvalue weighted by Crippen LogP contribution is -2.39. The molecule has 4 rings (SSSR count). The van der Waals surface area contributed by atoms with E-state index in [4.69, 9.17) is 21.9 Å². The maximum Gasteiger partial charge on any atom is 0.255 e. The van der Waals surface area contributed by atoms with E-state index in [1.54, 1.807) is 12.1 Å². The number of rotatable bonds is 5. The minimum atomic E-state index is -0.562. The zero-order valence-electron chi connectivity index (χ0n) is 17.2. The molecule has 0 aliphatic carbocycles. The van der Waals surface area contributed by atoms with Crippen molar-refractivity contribution in [2.45, 2.75) is 25.4 Å². The van der Waals surface area contributed by atoms with Crippen LogP contribution in [0.2, 0.25) is 5.02 Å². The van der Waals surface area contributed by atoms with E-state index in [0.29, 0.717) is 42.0 Å². The molecular formula is C22H20ClFN6O2. The summed E-state index contributed by atoms with van der Waals surface area (Å²) in [6.07, 6.45) is 3.44. The minimum Gasteiger partial charge on any atom is -0.368 e. The number of hydrogen-bond donors (Lipinski definition) is 2. The lowest BCUT2D eigenvalue weighted by Gasteiger charge is -2.27. The van der Waals surface area contributed by atoms with E-state index < -0.39 is 17.3 Å². The molecule has 1 aromatic carbocycles. The Labute approximate surface area is 188 Å². The number of benzene rings is 1. The van der Waals surface area contributed by atoms with Gasteiger partial charge in [-0.25, -0.2) is 9.37 Å². The number of aromatic nitrogens is 2. The summed E-state index contributed by atoms with van der Waals surface area (Å²) in [7, 11) is 0. The van der Waals surface area contributed by atoms with Gasteiger partial charge in [0.1, 0.15) is 29.5 Å². The Hall–Kier alpha value is -3.48. The van der Waals surface area contributed by atoms with Crippen LogP contribution in [0.4, 0.5) is 10.1 Å². The lowest BCUT2D eigenvalue weighted by molar-refractivity contribution is 0.0950. The number of anilines is 1. The summed E-state index contributed by atoms with van der Waals surface area (Å²) in [6, 6.07) is 7.67. The molecule has 32 heavy (non-hydrogen) atoms. The maximum absolute atomic E-state index is 14.2. The molecule has 8 nitrogen and oxygen atoms in total. The van der Waals surface area contributed by atoms with E-state index in [0.717, 1.165) is 0 Å². The number of pyridine rings is 1. The SMILES string of the molecule is C[C@]1(N)CCN(c2c(C(=O)NCc3ccon3)cnc(C#N)c2-c2cc(F)cc(Cl)c2)C1. The van der Waals surface area contributed by atoms with Gasteiger partial charge in [-0.3, -0.25) is 4.79 Å². The maximum atomic E-state index is 14.2. The molecule has 0 spiro atoms. The number of carbonyl (C=O) groups is 1. The van der Waals surface area contributed by atoms with Crippen LogP contribution in [0.1, 0.15) is 35.1 Å². The predicted molar refractivity (Wildman–Crippen MR) is 116 cm³/mol. The molecule has 3 aromatic rings. The number of halogens is 2. The van der Waals surface area contributed by atoms with Gasteiger partial charge in [-0.1, -0.05) is 16.8 Å². The van der Waals surface area contributed by atoms with E-state index in [-0.39, 0.29) is 22.8 Å². The quantitative estimate of drug-likeness (QED) is 0.606. The highest BCUT2D eigenvalue weighted by Gasteiger charge is 2.34. The van der Waals surface area contributed by atoms with Gasteiger partial charge in [0.05, 0.1) is 17.8 Å². The van der Waals surface area contributed by atoms with Crippen LogP contribution in [0.3, 0.4) is 0 Å². The second-order valence-electron chi connectivity index (χ2n) is 8.01. The smallest absolute Gasteiger partial charge is 0.255 e. The standard InChI is InChI=1S/C22H20ClFN6O2/c1-22(26)3-4-30(12-22)20-17(21(31)28-10-16-2-5-32-29-16)11-27-18(9-25)19(20)13-6-14(23)8-15(24)7-13/h2,5-8,11H,3-4,10,12,26H2,1H3,(H,28,31)/t22-/m0/s1. The molecule has 1 atom stereocenters. The minimum absolute atomic E-state index is 0.0559. The monoisotopic (exact) mass is 454 g/mol. The normalized spacial score (nSPS) is 17.9. The predicted octanol–water partition coefficient (Wildman–Crippen LogP) is 3.26. The molecule has 3 N–H and O–H groups in total. The van der Waals surface area contributed by atoms with Gasteiger partial charge in [0, 0.05) is 41.5 Å². The molecule has 0 saturated carbocycles. The lowest BCUT2D eigenvalue weighted by atomic mass is 9.97. The van der Waals surface area contributed by atoms with Gasteiger partial charge >= 0.3 is 0 Å². The van der Waals surface area contributed by atoms with Gasteiger partial charge in [-0.05, 0) is 37.1 Å². The molecule has 1 amide bonds. The van der Waals surface area contributed by atoms with E-state index in [1.807, 2.05) is 17.9 Å². The Morgan fingerprint density at radius 3 is 2.91 bits per heavy atom. The Kier molecular flexibility index (Phi) is 5.82. The van der Waals surface area contributed by atoms with E-state index in [2.05, 4.69) is 15.5 Å². The van der Waals surface area contributed by atoms with E-state index in [1.165, 1.54) is 24.6 Å². The number of carbonyl (C=O) groups excluding carboxylic acids is 1. The van der Waals surface area contributed by atoms with Crippen molar-refractivity contribution in [1.29, 1.82) is 5.26 Å². The van der Waals surface area contributed by atoms with Crippen LogP contribution < -0.4 is 16.0 Å². The second-order valence-corrected chi connectivity index (χ2v) is 8.45. The van der Waals surface area contributed by atoms with Crippen LogP contribution in [-0.4, -0.2) is 34.7 Å². The molecule has 10 heteroatoms. The van der Waals surface area contributed by atoms with Crippen molar-refractivity contribution in [3.8, 4) is 17.2 Å². The number of nitrogens with one attached hydrogen (secondary N) is 1. The van der Waals surface area contributed by atoms with Crippen molar-refractivity contribution in [2.75, 3.05) is 18.0 Å². The van der Waals surface area contributed by atoms with Crippen molar-refractivity contribution in [2.24, 2.45) is 5.73 Å². The van der Waals surface area contributed by atoms with Gasteiger partial charge in [0.2, 0.25) is 0 Å². The first-order valence-electron chi connectivity index (χ1n) is 9.88. The highest BCUT2D eigenvalue weighted by molar-refractivity contribution is 6.31. The number of nitriles is 1. The number of nitrogens with zero attached hydrogens (tertiary/aromatic N) is 4. The molecular weight excluding hydrogens is 435 g/mol. The summed E-state index contributed by atoms with van der Waals surface area (Å²) in [5, 5.41) is 16.5. The highest BCUT2D eigenvalue weighted by atomic mass is 35.5. The topological polar surface area (TPSA) is 121 Å². The van der Waals surface area contributed by atoms with Crippen LogP contribution in [0.25, 0.3) is 11.1 Å². The first-order chi connectivity index (χ1) is 15.3. The van der Waals surface area contributed by atoms with Crippen LogP contribution in [0.15, 0.2) is 41.2 Å². The van der Waals surface area contributed by atoms with Crippen molar-refractivity contribution >= 4 is 23.2 Å². The first kappa shape index (κ1) is 21.7. The number of amides is 1. The molecule has 1 fully saturated rings. The van der Waals surface area contributed by atoms with Gasteiger partial charge in [-0.15, -0.1) is 0 Å². The second kappa shape index (κ2) is 8.57. The summed E-state index contributed by atoms with van der Waals surface area (Å²) >= 11 is 6.09. The molecule has 164 valence electrons. The molecule has 2 aromatic heterocycles. The van der Waals surface area contributed by atoms with Crippen molar-refractivity contribution in [3.05, 3.63) is 64.5 Å². The van der Waals surface area contributed by atoms with Crippen LogP contribution >= 0.6 is 11.6 Å². The van der Waals surface area contributed by atoms with Gasteiger partial charge in [0.15, 0.2) is 0 Å². The van der Waals surface area contributed by atoms with Crippen LogP contribution in [0, 0.1) is 17.1 Å². The van der Waals surface area contributed by atoms with Crippen molar-refractivity contribution in [1.82, 2.24) is 15.5 Å². The zero-order chi connectivity index (χ0) is 22.9. The summed E-state index contributed by atoms with van der Waals surface area (Å²) in [4.78, 5) is 19.3. The molecule has 1 saturated heterocycles. The molecule has 0 radical (unpaired) electrons. The first-order valence-corrected chi connectivity index (χ1v) is 10.3. The van der Waals surface area contributed by atoms with E-state index >= 15 is 0 Å². The summed E-state index contributed by atoms with van der Waals surface area (Å²) in [5.41, 5.74) is 7.85.